The molecule has 0 aliphatic carbocycles. The molecule has 122 valence electrons. The molecule has 6 heteroatoms. The fraction of sp³-hybridized carbons (Fsp3) is 0.412. The molecule has 0 saturated carbocycles. The van der Waals surface area contributed by atoms with Crippen LogP contribution in [0.25, 0.3) is 11.3 Å². The molecule has 1 amide bonds. The van der Waals surface area contributed by atoms with E-state index in [1.54, 1.807) is 17.9 Å². The zero-order chi connectivity index (χ0) is 16.6. The van der Waals surface area contributed by atoms with Gasteiger partial charge in [-0.05, 0) is 36.6 Å². The van der Waals surface area contributed by atoms with Crippen LogP contribution in [0.4, 0.5) is 10.1 Å². The van der Waals surface area contributed by atoms with E-state index in [-0.39, 0.29) is 23.7 Å². The van der Waals surface area contributed by atoms with E-state index in [0.29, 0.717) is 16.9 Å². The van der Waals surface area contributed by atoms with Crippen molar-refractivity contribution in [3.8, 4) is 11.3 Å². The first-order chi connectivity index (χ1) is 11.0. The summed E-state index contributed by atoms with van der Waals surface area (Å²) >= 11 is 0. The van der Waals surface area contributed by atoms with E-state index in [4.69, 9.17) is 5.73 Å². The van der Waals surface area contributed by atoms with Crippen LogP contribution in [0.2, 0.25) is 0 Å². The summed E-state index contributed by atoms with van der Waals surface area (Å²) in [7, 11) is 1.77. The Balaban J connectivity index is 2.15. The summed E-state index contributed by atoms with van der Waals surface area (Å²) in [4.78, 5) is 12.3. The van der Waals surface area contributed by atoms with Gasteiger partial charge in [0.05, 0.1) is 17.6 Å². The Kier molecular flexibility index (Phi) is 4.17. The molecule has 1 aliphatic heterocycles. The molecule has 2 unspecified atom stereocenters. The van der Waals surface area contributed by atoms with Crippen LogP contribution < -0.4 is 11.1 Å². The quantitative estimate of drug-likeness (QED) is 0.785. The Labute approximate surface area is 134 Å². The average molecular weight is 316 g/mol. The molecular weight excluding hydrogens is 295 g/mol. The van der Waals surface area contributed by atoms with Crippen LogP contribution in [0.15, 0.2) is 24.4 Å². The van der Waals surface area contributed by atoms with E-state index in [9.17, 15) is 9.18 Å². The van der Waals surface area contributed by atoms with Crippen LogP contribution in [0, 0.1) is 11.7 Å². The van der Waals surface area contributed by atoms with Gasteiger partial charge in [-0.15, -0.1) is 0 Å². The molecule has 0 radical (unpaired) electrons. The molecule has 0 spiro atoms. The molecule has 3 N–H and O–H groups in total. The number of nitrogens with one attached hydrogen (secondary N) is 1. The number of halogens is 1. The number of nitrogens with two attached hydrogens (primary N) is 1. The largest absolute Gasteiger partial charge is 0.324 e. The predicted octanol–water partition coefficient (Wildman–Crippen LogP) is 2.98. The molecule has 1 aromatic carbocycles. The van der Waals surface area contributed by atoms with Crippen molar-refractivity contribution in [2.24, 2.45) is 18.7 Å². The minimum Gasteiger partial charge on any atom is -0.324 e. The van der Waals surface area contributed by atoms with Gasteiger partial charge in [0.15, 0.2) is 0 Å². The Bertz CT molecular complexity index is 740. The van der Waals surface area contributed by atoms with Gasteiger partial charge in [0.2, 0.25) is 5.91 Å². The number of rotatable bonds is 0. The molecule has 0 saturated heterocycles. The van der Waals surface area contributed by atoms with E-state index in [1.165, 1.54) is 12.1 Å². The van der Waals surface area contributed by atoms with Crippen molar-refractivity contribution in [1.82, 2.24) is 9.78 Å². The van der Waals surface area contributed by atoms with Crippen molar-refractivity contribution in [1.29, 1.82) is 0 Å². The second-order valence-corrected chi connectivity index (χ2v) is 6.23. The van der Waals surface area contributed by atoms with Crippen molar-refractivity contribution in [2.75, 3.05) is 5.32 Å². The average Bonchev–Trinajstić information content (AvgIpc) is 2.86. The summed E-state index contributed by atoms with van der Waals surface area (Å²) in [6.45, 7) is 1.90. The van der Waals surface area contributed by atoms with Gasteiger partial charge in [-0.1, -0.05) is 13.3 Å². The SMILES string of the molecule is CC1CCCC(N)c2cc(F)cc(c2)-c2c(cnn2C)NC1=O. The lowest BCUT2D eigenvalue weighted by atomic mass is 9.95. The first-order valence-electron chi connectivity index (χ1n) is 7.85. The van der Waals surface area contributed by atoms with Crippen LogP contribution in [0.3, 0.4) is 0 Å². The highest BCUT2D eigenvalue weighted by atomic mass is 19.1. The van der Waals surface area contributed by atoms with Gasteiger partial charge in [-0.2, -0.15) is 5.10 Å². The molecule has 23 heavy (non-hydrogen) atoms. The molecule has 3 rings (SSSR count). The first kappa shape index (κ1) is 15.7. The highest BCUT2D eigenvalue weighted by molar-refractivity contribution is 5.95. The fourth-order valence-electron chi connectivity index (χ4n) is 3.03. The second kappa shape index (κ2) is 6.12. The Morgan fingerprint density at radius 2 is 2.13 bits per heavy atom. The Morgan fingerprint density at radius 3 is 2.91 bits per heavy atom. The molecule has 5 nitrogen and oxygen atoms in total. The number of carbonyl (C=O) groups is 1. The summed E-state index contributed by atoms with van der Waals surface area (Å²) in [5.74, 6) is -0.494. The minimum absolute atomic E-state index is 0.0509. The zero-order valence-electron chi connectivity index (χ0n) is 13.3. The third-order valence-corrected chi connectivity index (χ3v) is 4.42. The second-order valence-electron chi connectivity index (χ2n) is 6.23. The van der Waals surface area contributed by atoms with Gasteiger partial charge >= 0.3 is 0 Å². The molecule has 2 bridgehead atoms. The predicted molar refractivity (Wildman–Crippen MR) is 87.2 cm³/mol. The number of hydrogen-bond donors (Lipinski definition) is 2. The molecule has 2 aromatic rings. The lowest BCUT2D eigenvalue weighted by molar-refractivity contribution is -0.119. The standard InChI is InChI=1S/C17H21FN4O/c1-10-4-3-5-14(19)11-6-12(8-13(18)7-11)16-15(21-17(10)23)9-20-22(16)2/h6-10,14H,3-5,19H2,1-2H3,(H,21,23). The van der Waals surface area contributed by atoms with E-state index in [2.05, 4.69) is 10.4 Å². The highest BCUT2D eigenvalue weighted by Crippen LogP contribution is 2.32. The summed E-state index contributed by atoms with van der Waals surface area (Å²) in [5, 5.41) is 7.11. The van der Waals surface area contributed by atoms with Crippen LogP contribution >= 0.6 is 0 Å². The maximum Gasteiger partial charge on any atom is 0.227 e. The number of aryl methyl sites for hydroxylation is 1. The first-order valence-corrected chi connectivity index (χ1v) is 7.85. The van der Waals surface area contributed by atoms with Gasteiger partial charge in [0, 0.05) is 24.6 Å². The van der Waals surface area contributed by atoms with Crippen molar-refractivity contribution in [3.05, 3.63) is 35.8 Å². The zero-order valence-corrected chi connectivity index (χ0v) is 13.3. The van der Waals surface area contributed by atoms with E-state index >= 15 is 0 Å². The van der Waals surface area contributed by atoms with E-state index in [0.717, 1.165) is 24.8 Å². The third kappa shape index (κ3) is 3.12. The number of benzene rings is 1. The molecular formula is C17H21FN4O. The van der Waals surface area contributed by atoms with Crippen LogP contribution in [0.5, 0.6) is 0 Å². The number of carbonyl (C=O) groups excluding carboxylic acids is 1. The number of amides is 1. The molecule has 1 aliphatic rings. The fourth-order valence-corrected chi connectivity index (χ4v) is 3.03. The number of nitrogens with zero attached hydrogens (tertiary/aromatic N) is 2. The van der Waals surface area contributed by atoms with E-state index < -0.39 is 0 Å². The van der Waals surface area contributed by atoms with Crippen molar-refractivity contribution in [2.45, 2.75) is 32.2 Å². The maximum atomic E-state index is 14.0. The van der Waals surface area contributed by atoms with Gasteiger partial charge in [-0.3, -0.25) is 9.48 Å². The summed E-state index contributed by atoms with van der Waals surface area (Å²) < 4.78 is 15.7. The monoisotopic (exact) mass is 316 g/mol. The number of fused-ring (bicyclic) bond motifs is 4. The van der Waals surface area contributed by atoms with Crippen LogP contribution in [-0.2, 0) is 11.8 Å². The normalized spacial score (nSPS) is 21.8. The molecule has 1 aromatic heterocycles. The topological polar surface area (TPSA) is 72.9 Å². The number of aromatic nitrogens is 2. The maximum absolute atomic E-state index is 14.0. The smallest absolute Gasteiger partial charge is 0.227 e. The molecule has 2 heterocycles. The van der Waals surface area contributed by atoms with Gasteiger partial charge in [0.25, 0.3) is 0 Å². The molecule has 0 fully saturated rings. The van der Waals surface area contributed by atoms with Crippen molar-refractivity contribution < 1.29 is 9.18 Å². The van der Waals surface area contributed by atoms with Gasteiger partial charge < -0.3 is 11.1 Å². The third-order valence-electron chi connectivity index (χ3n) is 4.42. The Morgan fingerprint density at radius 1 is 1.35 bits per heavy atom. The number of hydrogen-bond acceptors (Lipinski definition) is 3. The number of anilines is 1. The van der Waals surface area contributed by atoms with Crippen molar-refractivity contribution in [3.63, 3.8) is 0 Å². The molecule has 2 atom stereocenters. The van der Waals surface area contributed by atoms with E-state index in [1.807, 2.05) is 13.0 Å². The van der Waals surface area contributed by atoms with Crippen LogP contribution in [0.1, 0.15) is 37.8 Å². The van der Waals surface area contributed by atoms with Gasteiger partial charge in [-0.25, -0.2) is 4.39 Å². The lowest BCUT2D eigenvalue weighted by Crippen LogP contribution is -2.21. The van der Waals surface area contributed by atoms with Crippen LogP contribution in [-0.4, -0.2) is 15.7 Å². The summed E-state index contributed by atoms with van der Waals surface area (Å²) in [6.07, 6.45) is 3.88. The Hall–Kier alpha value is -2.21. The highest BCUT2D eigenvalue weighted by Gasteiger charge is 2.21. The summed E-state index contributed by atoms with van der Waals surface area (Å²) in [6, 6.07) is 4.57. The van der Waals surface area contributed by atoms with Crippen molar-refractivity contribution >= 4 is 11.6 Å². The lowest BCUT2D eigenvalue weighted by Gasteiger charge is -2.18. The summed E-state index contributed by atoms with van der Waals surface area (Å²) in [5.41, 5.74) is 8.92. The minimum atomic E-state index is -0.336. The van der Waals surface area contributed by atoms with Gasteiger partial charge in [0.1, 0.15) is 5.82 Å².